The molecule has 23 heavy (non-hydrogen) atoms. The summed E-state index contributed by atoms with van der Waals surface area (Å²) in [5.74, 6) is 1.05. The van der Waals surface area contributed by atoms with Crippen molar-refractivity contribution in [1.29, 1.82) is 0 Å². The van der Waals surface area contributed by atoms with Crippen LogP contribution in [0.2, 0.25) is 10.0 Å². The normalized spacial score (nSPS) is 10.3. The largest absolute Gasteiger partial charge is 0.490 e. The molecule has 122 valence electrons. The number of carbonyl (C=O) groups is 1. The van der Waals surface area contributed by atoms with Gasteiger partial charge in [-0.3, -0.25) is 4.79 Å². The molecule has 0 N–H and O–H groups in total. The molecule has 0 aromatic heterocycles. The van der Waals surface area contributed by atoms with Gasteiger partial charge in [0.2, 0.25) is 0 Å². The summed E-state index contributed by atoms with van der Waals surface area (Å²) in [4.78, 5) is 13.4. The van der Waals surface area contributed by atoms with E-state index in [4.69, 9.17) is 32.7 Å². The Bertz CT molecular complexity index is 689. The van der Waals surface area contributed by atoms with Crippen LogP contribution in [-0.2, 0) is 0 Å². The smallest absolute Gasteiger partial charge is 0.253 e. The van der Waals surface area contributed by atoms with Crippen molar-refractivity contribution >= 4 is 29.1 Å². The van der Waals surface area contributed by atoms with Gasteiger partial charge in [0.15, 0.2) is 0 Å². The summed E-state index contributed by atoms with van der Waals surface area (Å²) < 4.78 is 11.1. The van der Waals surface area contributed by atoms with Gasteiger partial charge in [0, 0.05) is 30.7 Å². The maximum atomic E-state index is 11.9. The van der Waals surface area contributed by atoms with Gasteiger partial charge in [-0.1, -0.05) is 29.3 Å². The zero-order valence-corrected chi connectivity index (χ0v) is 14.4. The van der Waals surface area contributed by atoms with E-state index in [9.17, 15) is 4.79 Å². The maximum absolute atomic E-state index is 11.9. The minimum Gasteiger partial charge on any atom is -0.490 e. The number of amides is 1. The topological polar surface area (TPSA) is 38.8 Å². The minimum atomic E-state index is -0.0718. The maximum Gasteiger partial charge on any atom is 0.253 e. The van der Waals surface area contributed by atoms with Gasteiger partial charge in [-0.05, 0) is 30.3 Å². The van der Waals surface area contributed by atoms with Gasteiger partial charge >= 0.3 is 0 Å². The summed E-state index contributed by atoms with van der Waals surface area (Å²) in [5, 5.41) is 1.05. The highest BCUT2D eigenvalue weighted by atomic mass is 35.5. The van der Waals surface area contributed by atoms with Gasteiger partial charge in [0.05, 0.1) is 5.02 Å². The Labute approximate surface area is 145 Å². The predicted molar refractivity (Wildman–Crippen MR) is 91.9 cm³/mol. The van der Waals surface area contributed by atoms with Crippen LogP contribution in [0.15, 0.2) is 42.5 Å². The Balaban J connectivity index is 1.88. The second kappa shape index (κ2) is 8.09. The first-order chi connectivity index (χ1) is 11.0. The lowest BCUT2D eigenvalue weighted by Crippen LogP contribution is -2.21. The summed E-state index contributed by atoms with van der Waals surface area (Å²) in [6, 6.07) is 12.0. The molecule has 0 spiro atoms. The number of hydrogen-bond donors (Lipinski definition) is 0. The van der Waals surface area contributed by atoms with Crippen molar-refractivity contribution in [3.63, 3.8) is 0 Å². The highest BCUT2D eigenvalue weighted by Crippen LogP contribution is 2.27. The van der Waals surface area contributed by atoms with Gasteiger partial charge in [-0.2, -0.15) is 0 Å². The van der Waals surface area contributed by atoms with E-state index in [2.05, 4.69) is 0 Å². The van der Waals surface area contributed by atoms with Gasteiger partial charge in [0.1, 0.15) is 24.7 Å². The van der Waals surface area contributed by atoms with Crippen LogP contribution in [0.25, 0.3) is 0 Å². The SMILES string of the molecule is CN(C)C(=O)c1cccc(OCCOc2cc(Cl)ccc2Cl)c1. The summed E-state index contributed by atoms with van der Waals surface area (Å²) in [7, 11) is 3.41. The molecule has 0 bridgehead atoms. The molecule has 0 aliphatic rings. The average molecular weight is 354 g/mol. The number of halogens is 2. The summed E-state index contributed by atoms with van der Waals surface area (Å²) in [6.45, 7) is 0.633. The molecule has 2 rings (SSSR count). The number of ether oxygens (including phenoxy) is 2. The molecule has 0 fully saturated rings. The van der Waals surface area contributed by atoms with E-state index in [1.807, 2.05) is 0 Å². The fourth-order valence-corrected chi connectivity index (χ4v) is 2.21. The van der Waals surface area contributed by atoms with Crippen LogP contribution in [0, 0.1) is 0 Å². The zero-order valence-electron chi connectivity index (χ0n) is 12.9. The molecule has 2 aromatic carbocycles. The van der Waals surface area contributed by atoms with E-state index in [1.54, 1.807) is 56.6 Å². The van der Waals surface area contributed by atoms with Crippen LogP contribution >= 0.6 is 23.2 Å². The molecule has 0 atom stereocenters. The Hall–Kier alpha value is -1.91. The summed E-state index contributed by atoms with van der Waals surface area (Å²) in [6.07, 6.45) is 0. The lowest BCUT2D eigenvalue weighted by atomic mass is 10.2. The standard InChI is InChI=1S/C17H17Cl2NO3/c1-20(2)17(21)12-4-3-5-14(10-12)22-8-9-23-16-11-13(18)6-7-15(16)19/h3-7,10-11H,8-9H2,1-2H3. The first-order valence-corrected chi connectivity index (χ1v) is 7.75. The Morgan fingerprint density at radius 3 is 2.52 bits per heavy atom. The first kappa shape index (κ1) is 17.4. The molecule has 0 heterocycles. The zero-order chi connectivity index (χ0) is 16.8. The molecule has 0 unspecified atom stereocenters. The van der Waals surface area contributed by atoms with E-state index in [0.717, 1.165) is 0 Å². The van der Waals surface area contributed by atoms with E-state index in [-0.39, 0.29) is 5.91 Å². The molecule has 4 nitrogen and oxygen atoms in total. The minimum absolute atomic E-state index is 0.0718. The van der Waals surface area contributed by atoms with Gasteiger partial charge in [-0.25, -0.2) is 0 Å². The van der Waals surface area contributed by atoms with Crippen molar-refractivity contribution < 1.29 is 14.3 Å². The molecule has 0 saturated heterocycles. The predicted octanol–water partition coefficient (Wildman–Crippen LogP) is 4.15. The van der Waals surface area contributed by atoms with Crippen LogP contribution in [0.5, 0.6) is 11.5 Å². The third-order valence-corrected chi connectivity index (χ3v) is 3.54. The molecule has 2 aromatic rings. The fourth-order valence-electron chi connectivity index (χ4n) is 1.88. The number of hydrogen-bond acceptors (Lipinski definition) is 3. The quantitative estimate of drug-likeness (QED) is 0.732. The molecule has 0 aliphatic carbocycles. The van der Waals surface area contributed by atoms with E-state index in [0.29, 0.717) is 40.3 Å². The number of nitrogens with zero attached hydrogens (tertiary/aromatic N) is 1. The number of carbonyl (C=O) groups excluding carboxylic acids is 1. The van der Waals surface area contributed by atoms with Crippen molar-refractivity contribution in [2.45, 2.75) is 0 Å². The van der Waals surface area contributed by atoms with Gasteiger partial charge < -0.3 is 14.4 Å². The average Bonchev–Trinajstić information content (AvgIpc) is 2.54. The van der Waals surface area contributed by atoms with Crippen molar-refractivity contribution in [2.75, 3.05) is 27.3 Å². The third-order valence-electron chi connectivity index (χ3n) is 2.99. The molecule has 6 heteroatoms. The van der Waals surface area contributed by atoms with Crippen LogP contribution in [-0.4, -0.2) is 38.1 Å². The molecule has 0 saturated carbocycles. The monoisotopic (exact) mass is 353 g/mol. The fraction of sp³-hybridized carbons (Fsp3) is 0.235. The first-order valence-electron chi connectivity index (χ1n) is 7.00. The summed E-state index contributed by atoms with van der Waals surface area (Å²) >= 11 is 11.9. The van der Waals surface area contributed by atoms with Crippen molar-refractivity contribution in [2.24, 2.45) is 0 Å². The summed E-state index contributed by atoms with van der Waals surface area (Å²) in [5.41, 5.74) is 0.575. The van der Waals surface area contributed by atoms with E-state index in [1.165, 1.54) is 4.90 Å². The lowest BCUT2D eigenvalue weighted by Gasteiger charge is -2.12. The van der Waals surface area contributed by atoms with Crippen LogP contribution < -0.4 is 9.47 Å². The lowest BCUT2D eigenvalue weighted by molar-refractivity contribution is 0.0827. The Kier molecular flexibility index (Phi) is 6.13. The number of benzene rings is 2. The molecule has 0 aliphatic heterocycles. The van der Waals surface area contributed by atoms with Crippen LogP contribution in [0.3, 0.4) is 0 Å². The molecular formula is C17H17Cl2NO3. The Morgan fingerprint density at radius 1 is 1.04 bits per heavy atom. The van der Waals surface area contributed by atoms with Crippen molar-refractivity contribution in [3.05, 3.63) is 58.1 Å². The molecule has 1 amide bonds. The van der Waals surface area contributed by atoms with Crippen LogP contribution in [0.4, 0.5) is 0 Å². The van der Waals surface area contributed by atoms with E-state index < -0.39 is 0 Å². The highest BCUT2D eigenvalue weighted by Gasteiger charge is 2.08. The number of rotatable bonds is 6. The van der Waals surface area contributed by atoms with Gasteiger partial charge in [0.25, 0.3) is 5.91 Å². The highest BCUT2D eigenvalue weighted by molar-refractivity contribution is 6.34. The Morgan fingerprint density at radius 2 is 1.78 bits per heavy atom. The second-order valence-corrected chi connectivity index (χ2v) is 5.84. The van der Waals surface area contributed by atoms with Crippen molar-refractivity contribution in [1.82, 2.24) is 4.90 Å². The third kappa shape index (κ3) is 5.05. The van der Waals surface area contributed by atoms with Crippen molar-refractivity contribution in [3.8, 4) is 11.5 Å². The molecular weight excluding hydrogens is 337 g/mol. The van der Waals surface area contributed by atoms with Crippen LogP contribution in [0.1, 0.15) is 10.4 Å². The van der Waals surface area contributed by atoms with E-state index >= 15 is 0 Å². The molecule has 0 radical (unpaired) electrons. The second-order valence-electron chi connectivity index (χ2n) is 5.00. The van der Waals surface area contributed by atoms with Gasteiger partial charge in [-0.15, -0.1) is 0 Å².